The Morgan fingerprint density at radius 3 is 2.76 bits per heavy atom. The number of carbonyl (C=O) groups excluding carboxylic acids is 1. The fourth-order valence-corrected chi connectivity index (χ4v) is 1.81. The van der Waals surface area contributed by atoms with Crippen LogP contribution in [0.1, 0.15) is 29.3 Å². The van der Waals surface area contributed by atoms with Crippen molar-refractivity contribution < 1.29 is 22.7 Å². The van der Waals surface area contributed by atoms with Gasteiger partial charge in [0.25, 0.3) is 0 Å². The molecule has 4 nitrogen and oxygen atoms in total. The van der Waals surface area contributed by atoms with Gasteiger partial charge >= 0.3 is 6.18 Å². The normalized spacial score (nSPS) is 11.4. The second-order valence-electron chi connectivity index (χ2n) is 4.41. The highest BCUT2D eigenvalue weighted by atomic mass is 19.4. The van der Waals surface area contributed by atoms with Crippen molar-refractivity contribution >= 4 is 6.29 Å². The Hall–Kier alpha value is -2.31. The maximum absolute atomic E-state index is 13.0. The lowest BCUT2D eigenvalue weighted by atomic mass is 10.1. The lowest BCUT2D eigenvalue weighted by Gasteiger charge is -2.13. The van der Waals surface area contributed by atoms with Crippen LogP contribution in [0.5, 0.6) is 11.5 Å². The third-order valence-corrected chi connectivity index (χ3v) is 2.74. The molecular formula is C14H13F3N2O2. The molecule has 0 bridgehead atoms. The fourth-order valence-electron chi connectivity index (χ4n) is 1.81. The summed E-state index contributed by atoms with van der Waals surface area (Å²) in [6.45, 7) is 2.61. The molecular weight excluding hydrogens is 285 g/mol. The molecule has 2 aromatic rings. The summed E-state index contributed by atoms with van der Waals surface area (Å²) in [4.78, 5) is 10.6. The average molecular weight is 298 g/mol. The van der Waals surface area contributed by atoms with E-state index >= 15 is 0 Å². The zero-order valence-corrected chi connectivity index (χ0v) is 11.2. The van der Waals surface area contributed by atoms with Crippen LogP contribution in [0, 0.1) is 0 Å². The quantitative estimate of drug-likeness (QED) is 0.786. The lowest BCUT2D eigenvalue weighted by Crippen LogP contribution is -2.07. The zero-order chi connectivity index (χ0) is 15.5. The third kappa shape index (κ3) is 3.62. The molecule has 1 heterocycles. The van der Waals surface area contributed by atoms with Crippen molar-refractivity contribution in [2.24, 2.45) is 0 Å². The van der Waals surface area contributed by atoms with E-state index in [1.807, 2.05) is 6.92 Å². The van der Waals surface area contributed by atoms with Gasteiger partial charge in [-0.1, -0.05) is 6.92 Å². The number of benzene rings is 1. The molecule has 0 atom stereocenters. The zero-order valence-electron chi connectivity index (χ0n) is 11.2. The number of rotatable bonds is 5. The van der Waals surface area contributed by atoms with Crippen molar-refractivity contribution in [2.45, 2.75) is 26.1 Å². The Bertz CT molecular complexity index is 635. The van der Waals surface area contributed by atoms with Gasteiger partial charge in [0.15, 0.2) is 5.75 Å². The van der Waals surface area contributed by atoms with Crippen LogP contribution >= 0.6 is 0 Å². The third-order valence-electron chi connectivity index (χ3n) is 2.74. The molecule has 1 aromatic carbocycles. The van der Waals surface area contributed by atoms with Crippen molar-refractivity contribution in [1.82, 2.24) is 9.78 Å². The first-order valence-corrected chi connectivity index (χ1v) is 6.30. The highest BCUT2D eigenvalue weighted by molar-refractivity contribution is 5.75. The molecule has 0 spiro atoms. The van der Waals surface area contributed by atoms with E-state index in [4.69, 9.17) is 4.74 Å². The van der Waals surface area contributed by atoms with Crippen LogP contribution in [0.3, 0.4) is 0 Å². The molecule has 1 aromatic heterocycles. The van der Waals surface area contributed by atoms with E-state index in [0.29, 0.717) is 12.8 Å². The molecule has 0 saturated heterocycles. The number of halogens is 3. The van der Waals surface area contributed by atoms with Crippen LogP contribution in [-0.2, 0) is 12.7 Å². The van der Waals surface area contributed by atoms with E-state index in [1.54, 1.807) is 4.68 Å². The topological polar surface area (TPSA) is 44.1 Å². The molecule has 0 unspecified atom stereocenters. The number of aryl methyl sites for hydroxylation is 1. The summed E-state index contributed by atoms with van der Waals surface area (Å²) in [7, 11) is 0. The highest BCUT2D eigenvalue weighted by Gasteiger charge is 2.35. The molecule has 2 rings (SSSR count). The summed E-state index contributed by atoms with van der Waals surface area (Å²) in [5.41, 5.74) is -1.05. The van der Waals surface area contributed by atoms with Crippen LogP contribution in [0.25, 0.3) is 0 Å². The molecule has 0 aliphatic heterocycles. The Labute approximate surface area is 119 Å². The molecule has 0 radical (unpaired) electrons. The van der Waals surface area contributed by atoms with Gasteiger partial charge in [-0.2, -0.15) is 18.3 Å². The second-order valence-corrected chi connectivity index (χ2v) is 4.41. The Balaban J connectivity index is 2.32. The van der Waals surface area contributed by atoms with Gasteiger partial charge in [0.1, 0.15) is 12.0 Å². The van der Waals surface area contributed by atoms with E-state index in [-0.39, 0.29) is 17.1 Å². The monoisotopic (exact) mass is 298 g/mol. The number of nitrogens with zero attached hydrogens (tertiary/aromatic N) is 2. The van der Waals surface area contributed by atoms with E-state index in [9.17, 15) is 18.0 Å². The summed E-state index contributed by atoms with van der Waals surface area (Å²) in [5.74, 6) is -0.142. The van der Waals surface area contributed by atoms with Gasteiger partial charge < -0.3 is 4.74 Å². The Morgan fingerprint density at radius 1 is 1.38 bits per heavy atom. The highest BCUT2D eigenvalue weighted by Crippen LogP contribution is 2.38. The van der Waals surface area contributed by atoms with Gasteiger partial charge in [0.05, 0.1) is 18.0 Å². The van der Waals surface area contributed by atoms with Gasteiger partial charge in [-0.3, -0.25) is 9.48 Å². The van der Waals surface area contributed by atoms with Gasteiger partial charge in [-0.05, 0) is 24.6 Å². The van der Waals surface area contributed by atoms with Crippen molar-refractivity contribution in [2.75, 3.05) is 0 Å². The smallest absolute Gasteiger partial charge is 0.420 e. The largest absolute Gasteiger partial charge is 0.453 e. The molecule has 0 fully saturated rings. The predicted molar refractivity (Wildman–Crippen MR) is 69.4 cm³/mol. The number of aromatic nitrogens is 2. The van der Waals surface area contributed by atoms with Gasteiger partial charge in [0.2, 0.25) is 0 Å². The minimum Gasteiger partial charge on any atom is -0.453 e. The standard InChI is InChI=1S/C14H13F3N2O2/c1-2-5-19-8-11(7-18-19)21-13-4-3-10(9-20)6-12(13)14(15,16)17/h3-4,6-9H,2,5H2,1H3. The number of carbonyl (C=O) groups is 1. The summed E-state index contributed by atoms with van der Waals surface area (Å²) in [6, 6.07) is 3.16. The van der Waals surface area contributed by atoms with Crippen LogP contribution in [0.4, 0.5) is 13.2 Å². The van der Waals surface area contributed by atoms with Crippen LogP contribution in [0.15, 0.2) is 30.6 Å². The van der Waals surface area contributed by atoms with Crippen LogP contribution < -0.4 is 4.74 Å². The summed E-state index contributed by atoms with van der Waals surface area (Å²) >= 11 is 0. The molecule has 0 N–H and O–H groups in total. The SMILES string of the molecule is CCCn1cc(Oc2ccc(C=O)cc2C(F)(F)F)cn1. The molecule has 21 heavy (non-hydrogen) atoms. The van der Waals surface area contributed by atoms with E-state index in [2.05, 4.69) is 5.10 Å². The van der Waals surface area contributed by atoms with Crippen molar-refractivity contribution in [3.63, 3.8) is 0 Å². The second kappa shape index (κ2) is 5.99. The van der Waals surface area contributed by atoms with Gasteiger partial charge in [-0.25, -0.2) is 0 Å². The number of aldehydes is 1. The number of hydrogen-bond donors (Lipinski definition) is 0. The summed E-state index contributed by atoms with van der Waals surface area (Å²) in [5, 5.41) is 3.98. The van der Waals surface area contributed by atoms with Crippen LogP contribution in [-0.4, -0.2) is 16.1 Å². The maximum Gasteiger partial charge on any atom is 0.420 e. The van der Waals surface area contributed by atoms with Gasteiger partial charge in [-0.15, -0.1) is 0 Å². The number of hydrogen-bond acceptors (Lipinski definition) is 3. The van der Waals surface area contributed by atoms with E-state index in [1.165, 1.54) is 18.5 Å². The summed E-state index contributed by atoms with van der Waals surface area (Å²) in [6.07, 6.45) is -0.518. The minimum atomic E-state index is -4.60. The number of alkyl halides is 3. The van der Waals surface area contributed by atoms with E-state index in [0.717, 1.165) is 18.6 Å². The molecule has 112 valence electrons. The Kier molecular flexibility index (Phi) is 4.30. The molecule has 0 amide bonds. The number of ether oxygens (including phenoxy) is 1. The maximum atomic E-state index is 13.0. The average Bonchev–Trinajstić information content (AvgIpc) is 2.86. The fraction of sp³-hybridized carbons (Fsp3) is 0.286. The minimum absolute atomic E-state index is 0.0589. The molecule has 0 aliphatic rings. The van der Waals surface area contributed by atoms with Crippen molar-refractivity contribution in [1.29, 1.82) is 0 Å². The molecule has 0 saturated carbocycles. The molecule has 0 aliphatic carbocycles. The molecule has 7 heteroatoms. The first kappa shape index (κ1) is 15.1. The first-order valence-electron chi connectivity index (χ1n) is 6.30. The summed E-state index contributed by atoms with van der Waals surface area (Å²) < 4.78 is 45.8. The Morgan fingerprint density at radius 2 is 2.14 bits per heavy atom. The van der Waals surface area contributed by atoms with Crippen LogP contribution in [0.2, 0.25) is 0 Å². The lowest BCUT2D eigenvalue weighted by molar-refractivity contribution is -0.138. The first-order chi connectivity index (χ1) is 9.94. The van der Waals surface area contributed by atoms with Crippen molar-refractivity contribution in [3.05, 3.63) is 41.7 Å². The van der Waals surface area contributed by atoms with E-state index < -0.39 is 11.7 Å². The van der Waals surface area contributed by atoms with Crippen molar-refractivity contribution in [3.8, 4) is 11.5 Å². The van der Waals surface area contributed by atoms with Gasteiger partial charge in [0, 0.05) is 12.1 Å². The predicted octanol–water partition coefficient (Wildman–Crippen LogP) is 3.92.